The number of amides is 2. The first-order chi connectivity index (χ1) is 12.0. The van der Waals surface area contributed by atoms with Gasteiger partial charge in [-0.15, -0.1) is 0 Å². The molecule has 2 saturated heterocycles. The number of halogens is 1. The Kier molecular flexibility index (Phi) is 5.50. The van der Waals surface area contributed by atoms with Crippen LogP contribution in [0, 0.1) is 11.7 Å². The molecule has 0 saturated carbocycles. The van der Waals surface area contributed by atoms with Crippen molar-refractivity contribution in [2.45, 2.75) is 25.5 Å². The summed E-state index contributed by atoms with van der Waals surface area (Å²) in [6, 6.07) is 5.77. The molecule has 0 bridgehead atoms. The third-order valence-electron chi connectivity index (χ3n) is 4.13. The summed E-state index contributed by atoms with van der Waals surface area (Å²) >= 11 is 5.09. The molecule has 1 aromatic rings. The molecule has 0 aliphatic carbocycles. The molecule has 2 aliphatic rings. The molecule has 2 fully saturated rings. The molecule has 6 nitrogen and oxygen atoms in total. The Morgan fingerprint density at radius 3 is 2.80 bits per heavy atom. The summed E-state index contributed by atoms with van der Waals surface area (Å²) in [4.78, 5) is 30.2. The Morgan fingerprint density at radius 1 is 1.36 bits per heavy atom. The van der Waals surface area contributed by atoms with E-state index in [2.05, 4.69) is 10.3 Å². The van der Waals surface area contributed by atoms with Crippen molar-refractivity contribution in [2.75, 3.05) is 13.2 Å². The van der Waals surface area contributed by atoms with Crippen LogP contribution in [0.25, 0.3) is 0 Å². The summed E-state index contributed by atoms with van der Waals surface area (Å²) in [5.74, 6) is -2.30. The fourth-order valence-electron chi connectivity index (χ4n) is 2.76. The zero-order valence-corrected chi connectivity index (χ0v) is 14.3. The van der Waals surface area contributed by atoms with Gasteiger partial charge in [-0.2, -0.15) is 0 Å². The molecule has 1 aromatic carbocycles. The Hall–Kier alpha value is -2.19. The number of benzene rings is 1. The number of ether oxygens (including phenoxy) is 1. The Bertz CT molecular complexity index is 702. The van der Waals surface area contributed by atoms with Crippen molar-refractivity contribution in [2.24, 2.45) is 10.9 Å². The van der Waals surface area contributed by atoms with Crippen molar-refractivity contribution in [3.05, 3.63) is 35.6 Å². The van der Waals surface area contributed by atoms with Crippen molar-refractivity contribution in [3.63, 3.8) is 0 Å². The van der Waals surface area contributed by atoms with E-state index in [1.165, 1.54) is 23.2 Å². The number of hydrogen-bond acceptors (Lipinski definition) is 5. The third kappa shape index (κ3) is 4.26. The van der Waals surface area contributed by atoms with E-state index in [1.54, 1.807) is 12.1 Å². The van der Waals surface area contributed by atoms with E-state index in [4.69, 9.17) is 17.0 Å². The number of aliphatic imine (C=N–C) groups is 1. The van der Waals surface area contributed by atoms with Crippen molar-refractivity contribution in [1.29, 1.82) is 0 Å². The molecule has 2 heterocycles. The Morgan fingerprint density at radius 2 is 2.12 bits per heavy atom. The van der Waals surface area contributed by atoms with E-state index in [0.717, 1.165) is 19.4 Å². The second kappa shape index (κ2) is 7.79. The molecule has 1 N–H and O–H groups in total. The summed E-state index contributed by atoms with van der Waals surface area (Å²) in [5, 5.41) is 2.57. The molecule has 0 spiro atoms. The van der Waals surface area contributed by atoms with Crippen LogP contribution in [0.4, 0.5) is 4.39 Å². The van der Waals surface area contributed by atoms with Gasteiger partial charge in [0, 0.05) is 12.8 Å². The number of rotatable bonds is 5. The third-order valence-corrected chi connectivity index (χ3v) is 4.45. The van der Waals surface area contributed by atoms with E-state index in [9.17, 15) is 14.0 Å². The first kappa shape index (κ1) is 17.6. The average molecular weight is 363 g/mol. The highest BCUT2D eigenvalue weighted by atomic mass is 32.1. The number of carbonyl (C=O) groups is 2. The van der Waals surface area contributed by atoms with Gasteiger partial charge in [0.05, 0.1) is 19.2 Å². The molecule has 25 heavy (non-hydrogen) atoms. The highest BCUT2D eigenvalue weighted by Crippen LogP contribution is 2.15. The maximum Gasteiger partial charge on any atom is 0.247 e. The minimum Gasteiger partial charge on any atom is -0.376 e. The topological polar surface area (TPSA) is 71.0 Å². The monoisotopic (exact) mass is 363 g/mol. The van der Waals surface area contributed by atoms with Crippen LogP contribution in [0.5, 0.6) is 0 Å². The number of nitrogens with one attached hydrogen (secondary N) is 1. The lowest BCUT2D eigenvalue weighted by Gasteiger charge is -2.31. The lowest BCUT2D eigenvalue weighted by atomic mass is 10.1. The molecule has 2 atom stereocenters. The summed E-state index contributed by atoms with van der Waals surface area (Å²) in [6.07, 6.45) is 3.35. The van der Waals surface area contributed by atoms with Crippen LogP contribution in [-0.4, -0.2) is 47.3 Å². The van der Waals surface area contributed by atoms with Gasteiger partial charge in [-0.3, -0.25) is 19.5 Å². The van der Waals surface area contributed by atoms with Crippen LogP contribution in [-0.2, 0) is 20.9 Å². The first-order valence-electron chi connectivity index (χ1n) is 8.07. The zero-order valence-electron chi connectivity index (χ0n) is 13.5. The zero-order chi connectivity index (χ0) is 17.8. The van der Waals surface area contributed by atoms with E-state index in [0.29, 0.717) is 12.1 Å². The van der Waals surface area contributed by atoms with Crippen molar-refractivity contribution < 1.29 is 18.7 Å². The molecular formula is C17H18FN3O3S. The molecule has 2 aliphatic heterocycles. The van der Waals surface area contributed by atoms with Gasteiger partial charge in [0.2, 0.25) is 11.8 Å². The number of carbonyl (C=O) groups excluding carboxylic acids is 2. The molecule has 0 aromatic heterocycles. The second-order valence-electron chi connectivity index (χ2n) is 5.97. The highest BCUT2D eigenvalue weighted by molar-refractivity contribution is 7.80. The lowest BCUT2D eigenvalue weighted by molar-refractivity contribution is -0.138. The fourth-order valence-corrected chi connectivity index (χ4v) is 3.01. The van der Waals surface area contributed by atoms with Crippen LogP contribution in [0.2, 0.25) is 0 Å². The van der Waals surface area contributed by atoms with Gasteiger partial charge in [0.15, 0.2) is 11.0 Å². The van der Waals surface area contributed by atoms with Crippen LogP contribution >= 0.6 is 12.2 Å². The van der Waals surface area contributed by atoms with Crippen LogP contribution in [0.1, 0.15) is 18.4 Å². The minimum absolute atomic E-state index is 0.0445. The summed E-state index contributed by atoms with van der Waals surface area (Å²) < 4.78 is 18.5. The summed E-state index contributed by atoms with van der Waals surface area (Å²) in [5.41, 5.74) is 0.711. The second-order valence-corrected chi connectivity index (χ2v) is 6.36. The molecule has 0 radical (unpaired) electrons. The molecular weight excluding hydrogens is 345 g/mol. The molecule has 0 unspecified atom stereocenters. The Balaban J connectivity index is 1.67. The van der Waals surface area contributed by atoms with Gasteiger partial charge in [-0.05, 0) is 42.8 Å². The van der Waals surface area contributed by atoms with Gasteiger partial charge < -0.3 is 10.1 Å². The lowest BCUT2D eigenvalue weighted by Crippen LogP contribution is -2.57. The minimum atomic E-state index is -1.02. The maximum atomic E-state index is 13.0. The van der Waals surface area contributed by atoms with E-state index in [-0.39, 0.29) is 23.6 Å². The van der Waals surface area contributed by atoms with Gasteiger partial charge in [0.25, 0.3) is 0 Å². The van der Waals surface area contributed by atoms with Crippen molar-refractivity contribution in [3.8, 4) is 0 Å². The van der Waals surface area contributed by atoms with E-state index in [1.807, 2.05) is 0 Å². The predicted octanol–water partition coefficient (Wildman–Crippen LogP) is 1.43. The number of thiocarbonyl (C=S) groups is 1. The highest BCUT2D eigenvalue weighted by Gasteiger charge is 2.37. The fraction of sp³-hybridized carbons (Fsp3) is 0.412. The van der Waals surface area contributed by atoms with Crippen LogP contribution in [0.15, 0.2) is 29.3 Å². The van der Waals surface area contributed by atoms with Gasteiger partial charge in [0.1, 0.15) is 5.82 Å². The summed E-state index contributed by atoms with van der Waals surface area (Å²) in [7, 11) is 0. The average Bonchev–Trinajstić information content (AvgIpc) is 3.09. The van der Waals surface area contributed by atoms with Crippen LogP contribution in [0.3, 0.4) is 0 Å². The number of nitrogens with zero attached hydrogens (tertiary/aromatic N) is 2. The molecule has 2 amide bonds. The van der Waals surface area contributed by atoms with Crippen molar-refractivity contribution >= 4 is 35.4 Å². The Labute approximate surface area is 150 Å². The molecule has 3 rings (SSSR count). The molecule has 8 heteroatoms. The van der Waals surface area contributed by atoms with Gasteiger partial charge in [-0.1, -0.05) is 12.1 Å². The number of hydrogen-bond donors (Lipinski definition) is 1. The van der Waals surface area contributed by atoms with E-state index < -0.39 is 17.7 Å². The predicted molar refractivity (Wildman–Crippen MR) is 93.5 cm³/mol. The SMILES string of the molecule is O=C1NC(=S)N(Cc2ccc(F)cc2)C(=O)[C@H]1C=NC[C@H]1CCCO1. The van der Waals surface area contributed by atoms with Crippen molar-refractivity contribution in [1.82, 2.24) is 10.2 Å². The van der Waals surface area contributed by atoms with Gasteiger partial charge in [-0.25, -0.2) is 4.39 Å². The standard InChI is InChI=1S/C17H18FN3O3S/c18-12-5-3-11(4-6-12)10-21-16(23)14(15(22)20-17(21)25)9-19-8-13-2-1-7-24-13/h3-6,9,13-14H,1-2,7-8,10H2,(H,20,22,25)/t13-,14+/m1/s1. The maximum absolute atomic E-state index is 13.0. The molecule has 132 valence electrons. The quantitative estimate of drug-likeness (QED) is 0.488. The largest absolute Gasteiger partial charge is 0.376 e. The van der Waals surface area contributed by atoms with Gasteiger partial charge >= 0.3 is 0 Å². The summed E-state index contributed by atoms with van der Waals surface area (Å²) in [6.45, 7) is 1.32. The normalized spacial score (nSPS) is 24.2. The smallest absolute Gasteiger partial charge is 0.247 e. The van der Waals surface area contributed by atoms with E-state index >= 15 is 0 Å². The first-order valence-corrected chi connectivity index (χ1v) is 8.47. The van der Waals surface area contributed by atoms with Crippen LogP contribution < -0.4 is 5.32 Å².